The molecule has 0 aliphatic rings. The van der Waals surface area contributed by atoms with E-state index in [0.717, 1.165) is 27.6 Å². The zero-order chi connectivity index (χ0) is 21.8. The number of rotatable bonds is 6. The van der Waals surface area contributed by atoms with Gasteiger partial charge in [0.15, 0.2) is 0 Å². The molecular formula is C26H22ClNO3. The fourth-order valence-corrected chi connectivity index (χ4v) is 3.62. The minimum Gasteiger partial charge on any atom is -0.496 e. The van der Waals surface area contributed by atoms with Gasteiger partial charge in [-0.05, 0) is 54.3 Å². The molecule has 4 aromatic rings. The van der Waals surface area contributed by atoms with E-state index in [1.165, 1.54) is 0 Å². The van der Waals surface area contributed by atoms with Gasteiger partial charge in [-0.25, -0.2) is 0 Å². The maximum Gasteiger partial charge on any atom is 0.255 e. The Morgan fingerprint density at radius 3 is 2.55 bits per heavy atom. The van der Waals surface area contributed by atoms with Crippen LogP contribution >= 0.6 is 11.6 Å². The third kappa shape index (κ3) is 4.49. The lowest BCUT2D eigenvalue weighted by atomic mass is 10.1. The van der Waals surface area contributed by atoms with Crippen LogP contribution in [-0.2, 0) is 6.61 Å². The van der Waals surface area contributed by atoms with E-state index in [2.05, 4.69) is 5.32 Å². The largest absolute Gasteiger partial charge is 0.496 e. The Balaban J connectivity index is 1.57. The molecule has 4 aromatic carbocycles. The third-order valence-electron chi connectivity index (χ3n) is 5.19. The van der Waals surface area contributed by atoms with E-state index in [4.69, 9.17) is 21.1 Å². The molecule has 0 aliphatic carbocycles. The number of hydrogen-bond acceptors (Lipinski definition) is 3. The summed E-state index contributed by atoms with van der Waals surface area (Å²) in [6.45, 7) is 2.14. The summed E-state index contributed by atoms with van der Waals surface area (Å²) in [5.74, 6) is 1.22. The van der Waals surface area contributed by atoms with E-state index in [-0.39, 0.29) is 12.5 Å². The summed E-state index contributed by atoms with van der Waals surface area (Å²) < 4.78 is 11.6. The maximum absolute atomic E-state index is 12.8. The van der Waals surface area contributed by atoms with Gasteiger partial charge in [-0.15, -0.1) is 0 Å². The van der Waals surface area contributed by atoms with Crippen LogP contribution in [0.15, 0.2) is 78.9 Å². The van der Waals surface area contributed by atoms with Crippen LogP contribution in [0.1, 0.15) is 21.5 Å². The third-order valence-corrected chi connectivity index (χ3v) is 5.60. The van der Waals surface area contributed by atoms with Crippen molar-refractivity contribution in [1.82, 2.24) is 0 Å². The molecule has 0 aliphatic heterocycles. The Morgan fingerprint density at radius 2 is 1.71 bits per heavy atom. The second kappa shape index (κ2) is 9.11. The quantitative estimate of drug-likeness (QED) is 0.372. The van der Waals surface area contributed by atoms with Gasteiger partial charge in [0.2, 0.25) is 0 Å². The summed E-state index contributed by atoms with van der Waals surface area (Å²) in [5, 5.41) is 5.68. The lowest BCUT2D eigenvalue weighted by molar-refractivity contribution is 0.102. The Labute approximate surface area is 186 Å². The molecule has 31 heavy (non-hydrogen) atoms. The molecule has 0 radical (unpaired) electrons. The number of methoxy groups -OCH3 is 1. The topological polar surface area (TPSA) is 47.6 Å². The monoisotopic (exact) mass is 431 g/mol. The summed E-state index contributed by atoms with van der Waals surface area (Å²) in [6, 6.07) is 24.7. The van der Waals surface area contributed by atoms with Crippen LogP contribution < -0.4 is 14.8 Å². The zero-order valence-electron chi connectivity index (χ0n) is 17.3. The minimum atomic E-state index is -0.223. The van der Waals surface area contributed by atoms with Gasteiger partial charge < -0.3 is 14.8 Å². The SMILES string of the molecule is COc1ccc(C(=O)Nc2cccc(Cl)c2C)cc1COc1cccc2ccccc12. The molecule has 0 fully saturated rings. The predicted octanol–water partition coefficient (Wildman–Crippen LogP) is 6.64. The zero-order valence-corrected chi connectivity index (χ0v) is 18.1. The van der Waals surface area contributed by atoms with Crippen molar-refractivity contribution in [3.05, 3.63) is 101 Å². The fraction of sp³-hybridized carbons (Fsp3) is 0.115. The summed E-state index contributed by atoms with van der Waals surface area (Å²) in [7, 11) is 1.60. The number of hydrogen-bond donors (Lipinski definition) is 1. The Bertz CT molecular complexity index is 1250. The van der Waals surface area contributed by atoms with Crippen molar-refractivity contribution >= 4 is 34.0 Å². The highest BCUT2D eigenvalue weighted by Crippen LogP contribution is 2.28. The molecule has 0 bridgehead atoms. The van der Waals surface area contributed by atoms with Gasteiger partial charge >= 0.3 is 0 Å². The van der Waals surface area contributed by atoms with E-state index < -0.39 is 0 Å². The number of carbonyl (C=O) groups excluding carboxylic acids is 1. The van der Waals surface area contributed by atoms with Gasteiger partial charge in [-0.3, -0.25) is 4.79 Å². The number of anilines is 1. The molecule has 0 aromatic heterocycles. The van der Waals surface area contributed by atoms with Crippen LogP contribution in [0, 0.1) is 6.92 Å². The Hall–Kier alpha value is -3.50. The highest BCUT2D eigenvalue weighted by Gasteiger charge is 2.13. The van der Waals surface area contributed by atoms with Crippen LogP contribution in [-0.4, -0.2) is 13.0 Å². The van der Waals surface area contributed by atoms with Gasteiger partial charge in [-0.1, -0.05) is 54.1 Å². The van der Waals surface area contributed by atoms with Gasteiger partial charge in [0.1, 0.15) is 18.1 Å². The summed E-state index contributed by atoms with van der Waals surface area (Å²) in [5.41, 5.74) is 2.80. The molecule has 4 nitrogen and oxygen atoms in total. The Morgan fingerprint density at radius 1 is 0.935 bits per heavy atom. The van der Waals surface area contributed by atoms with Crippen LogP contribution in [0.25, 0.3) is 10.8 Å². The van der Waals surface area contributed by atoms with E-state index >= 15 is 0 Å². The van der Waals surface area contributed by atoms with E-state index in [1.54, 1.807) is 31.4 Å². The van der Waals surface area contributed by atoms with Crippen molar-refractivity contribution in [2.75, 3.05) is 12.4 Å². The molecule has 0 heterocycles. The summed E-state index contributed by atoms with van der Waals surface area (Å²) in [6.07, 6.45) is 0. The maximum atomic E-state index is 12.8. The number of carbonyl (C=O) groups is 1. The highest BCUT2D eigenvalue weighted by molar-refractivity contribution is 6.31. The number of amides is 1. The fourth-order valence-electron chi connectivity index (χ4n) is 3.45. The number of fused-ring (bicyclic) bond motifs is 1. The first kappa shape index (κ1) is 20.8. The molecule has 0 saturated heterocycles. The van der Waals surface area contributed by atoms with Crippen LogP contribution in [0.2, 0.25) is 5.02 Å². The first-order chi connectivity index (χ1) is 15.1. The van der Waals surface area contributed by atoms with Gasteiger partial charge in [0, 0.05) is 27.2 Å². The smallest absolute Gasteiger partial charge is 0.255 e. The standard InChI is InChI=1S/C26H22ClNO3/c1-17-22(27)10-6-11-23(17)28-26(29)19-13-14-24(30-2)20(15-19)16-31-25-12-5-8-18-7-3-4-9-21(18)25/h3-15H,16H2,1-2H3,(H,28,29). The molecule has 0 unspecified atom stereocenters. The van der Waals surface area contributed by atoms with Crippen molar-refractivity contribution in [3.63, 3.8) is 0 Å². The van der Waals surface area contributed by atoms with Crippen molar-refractivity contribution < 1.29 is 14.3 Å². The molecule has 156 valence electrons. The van der Waals surface area contributed by atoms with Crippen molar-refractivity contribution in [2.24, 2.45) is 0 Å². The normalized spacial score (nSPS) is 10.7. The molecule has 0 atom stereocenters. The highest BCUT2D eigenvalue weighted by atomic mass is 35.5. The Kier molecular flexibility index (Phi) is 6.10. The molecule has 1 amide bonds. The van der Waals surface area contributed by atoms with Crippen LogP contribution in [0.5, 0.6) is 11.5 Å². The first-order valence-corrected chi connectivity index (χ1v) is 10.3. The first-order valence-electron chi connectivity index (χ1n) is 9.91. The lowest BCUT2D eigenvalue weighted by Gasteiger charge is -2.14. The molecule has 4 rings (SSSR count). The number of ether oxygens (including phenoxy) is 2. The number of halogens is 1. The van der Waals surface area contributed by atoms with E-state index in [0.29, 0.717) is 22.0 Å². The number of nitrogens with one attached hydrogen (secondary N) is 1. The summed E-state index contributed by atoms with van der Waals surface area (Å²) in [4.78, 5) is 12.8. The van der Waals surface area contributed by atoms with E-state index in [1.807, 2.05) is 61.5 Å². The average molecular weight is 432 g/mol. The van der Waals surface area contributed by atoms with Gasteiger partial charge in [0.05, 0.1) is 7.11 Å². The van der Waals surface area contributed by atoms with Crippen molar-refractivity contribution in [2.45, 2.75) is 13.5 Å². The minimum absolute atomic E-state index is 0.223. The average Bonchev–Trinajstić information content (AvgIpc) is 2.80. The van der Waals surface area contributed by atoms with Gasteiger partial charge in [0.25, 0.3) is 5.91 Å². The van der Waals surface area contributed by atoms with Gasteiger partial charge in [-0.2, -0.15) is 0 Å². The van der Waals surface area contributed by atoms with Crippen LogP contribution in [0.4, 0.5) is 5.69 Å². The number of benzene rings is 4. The summed E-state index contributed by atoms with van der Waals surface area (Å²) >= 11 is 6.16. The predicted molar refractivity (Wildman–Crippen MR) is 125 cm³/mol. The molecule has 5 heteroatoms. The molecule has 0 saturated carbocycles. The molecular weight excluding hydrogens is 410 g/mol. The lowest BCUT2D eigenvalue weighted by Crippen LogP contribution is -2.13. The second-order valence-electron chi connectivity index (χ2n) is 7.16. The molecule has 0 spiro atoms. The van der Waals surface area contributed by atoms with Crippen LogP contribution in [0.3, 0.4) is 0 Å². The van der Waals surface area contributed by atoms with Crippen molar-refractivity contribution in [3.8, 4) is 11.5 Å². The molecule has 1 N–H and O–H groups in total. The van der Waals surface area contributed by atoms with Crippen molar-refractivity contribution in [1.29, 1.82) is 0 Å². The van der Waals surface area contributed by atoms with E-state index in [9.17, 15) is 4.79 Å². The second-order valence-corrected chi connectivity index (χ2v) is 7.57.